The maximum absolute atomic E-state index is 8.55. The second-order valence-corrected chi connectivity index (χ2v) is 14.8. The molecule has 45 nitrogen and oxygen atoms in total. The summed E-state index contributed by atoms with van der Waals surface area (Å²) >= 11 is 0. The molecule has 0 aromatic heterocycles. The molecule has 0 spiro atoms. The van der Waals surface area contributed by atoms with Crippen LogP contribution in [0.3, 0.4) is 0 Å². The molecule has 2 N–H and O–H groups in total. The van der Waals surface area contributed by atoms with Crippen molar-refractivity contribution in [1.29, 1.82) is 0 Å². The first-order valence-electron chi connectivity index (χ1n) is 8.03. The zero-order valence-electron chi connectivity index (χ0n) is 28.5. The predicted octanol–water partition coefficient (Wildman–Crippen LogP) is -33.1. The molecule has 0 unspecified atom stereocenters. The molecule has 0 saturated heterocycles. The van der Waals surface area contributed by atoms with Crippen LogP contribution in [0.1, 0.15) is 0 Å². The largest absolute Gasteiger partial charge is 3.00 e. The van der Waals surface area contributed by atoms with E-state index in [1.165, 1.54) is 0 Å². The van der Waals surface area contributed by atoms with Crippen LogP contribution < -0.4 is 161 Å². The van der Waals surface area contributed by atoms with Crippen LogP contribution in [-0.4, -0.2) is 57.6 Å². The van der Waals surface area contributed by atoms with E-state index in [4.69, 9.17) is 212 Å². The Kier molecular flexibility index (Phi) is 139. The second kappa shape index (κ2) is 65.0. The Morgan fingerprint density at radius 2 is 0.154 bits per heavy atom. The molecule has 65 heavy (non-hydrogen) atoms. The Hall–Kier alpha value is 6.70. The van der Waals surface area contributed by atoms with E-state index in [1.54, 1.807) is 0 Å². The minimum atomic E-state index is -5.39. The molecule has 0 aromatic rings. The maximum atomic E-state index is 8.55. The second-order valence-electron chi connectivity index (χ2n) is 4.92. The van der Waals surface area contributed by atoms with Gasteiger partial charge in [0, 0.05) is 63.2 Å². The van der Waals surface area contributed by atoms with E-state index < -0.39 is 86.0 Å². The van der Waals surface area contributed by atoms with Crippen LogP contribution in [0.5, 0.6) is 0 Å². The first-order chi connectivity index (χ1) is 22.0. The van der Waals surface area contributed by atoms with Crippen LogP contribution in [0.15, 0.2) is 0 Å². The molecule has 0 bridgehead atoms. The summed E-state index contributed by atoms with van der Waals surface area (Å²) in [7, 11) is -59.3. The van der Waals surface area contributed by atoms with Crippen molar-refractivity contribution in [3.63, 3.8) is 0 Å². The van der Waals surface area contributed by atoms with Crippen molar-refractivity contribution in [1.82, 2.24) is 0 Å². The molecular formula is H2Al3Mo3O45P11Zn3-18. The van der Waals surface area contributed by atoms with Gasteiger partial charge >= 0.3 is 111 Å². The van der Waals surface area contributed by atoms with E-state index >= 15 is 0 Å². The van der Waals surface area contributed by atoms with Gasteiger partial charge in [-0.3, -0.25) is 0 Å². The average Bonchev–Trinajstić information content (AvgIpc) is 2.41. The molecule has 0 aliphatic heterocycles. The Balaban J connectivity index is -0.0000000170. The molecule has 0 rings (SSSR count). The van der Waals surface area contributed by atoms with Gasteiger partial charge in [-0.1, -0.05) is 0 Å². The molecule has 0 heterocycles. The smallest absolute Gasteiger partial charge is 0.822 e. The van der Waals surface area contributed by atoms with Crippen LogP contribution in [0.2, 0.25) is 0 Å². The minimum Gasteiger partial charge on any atom is -0.822 e. The molecule has 0 saturated carbocycles. The summed E-state index contributed by atoms with van der Waals surface area (Å²) in [6.07, 6.45) is 0. The average molecular weight is 1630 g/mol. The van der Waals surface area contributed by atoms with E-state index in [1.807, 2.05) is 0 Å². The standard InChI is InChI=1S/3Al.3Mo.11H3O4P.H2O.3Zn/c;;;;;;11*1-5(2,3)4;;;;/h;;;;;;11*(H3,1,2,3,4);1H2;;;/q3*+3;;;;;;;;;;;;;;;;3*+2/p-33. The molecule has 378 valence electrons. The monoisotopic (exact) mass is 1630 g/mol. The Bertz CT molecular complexity index is 980. The molecular weight excluding hydrogens is 1630 g/mol. The summed E-state index contributed by atoms with van der Waals surface area (Å²) in [5.41, 5.74) is 0. The van der Waals surface area contributed by atoms with E-state index in [0.29, 0.717) is 0 Å². The van der Waals surface area contributed by atoms with Crippen LogP contribution >= 0.6 is 86.0 Å². The fourth-order valence-electron chi connectivity index (χ4n) is 0. The van der Waals surface area contributed by atoms with Crippen molar-refractivity contribution >= 4 is 138 Å². The molecule has 0 radical (unpaired) electrons. The van der Waals surface area contributed by atoms with Gasteiger partial charge in [-0.2, -0.15) is 86.0 Å². The normalized spacial score (nSPS) is 9.98. The van der Waals surface area contributed by atoms with E-state index in [9.17, 15) is 0 Å². The van der Waals surface area contributed by atoms with Gasteiger partial charge in [0.05, 0.1) is 0 Å². The van der Waals surface area contributed by atoms with E-state index in [0.717, 1.165) is 0 Å². The van der Waals surface area contributed by atoms with E-state index in [2.05, 4.69) is 0 Å². The van der Waals surface area contributed by atoms with Crippen LogP contribution in [0.25, 0.3) is 0 Å². The van der Waals surface area contributed by atoms with Gasteiger partial charge in [-0.25, -0.2) is 0 Å². The molecule has 0 aliphatic carbocycles. The third-order valence-corrected chi connectivity index (χ3v) is 0. The Morgan fingerprint density at radius 1 is 0.154 bits per heavy atom. The topological polar surface area (TPSA) is 980 Å². The maximum Gasteiger partial charge on any atom is 3.00 e. The number of hydrogen-bond donors (Lipinski definition) is 0. The predicted molar refractivity (Wildman–Crippen MR) is 105 cm³/mol. The molecule has 0 aliphatic rings. The third kappa shape index (κ3) is 7430. The third-order valence-electron chi connectivity index (χ3n) is 0. The summed E-state index contributed by atoms with van der Waals surface area (Å²) in [5.74, 6) is 0. The van der Waals surface area contributed by atoms with Gasteiger partial charge < -0.3 is 217 Å². The Morgan fingerprint density at radius 3 is 0.154 bits per heavy atom. The number of rotatable bonds is 0. The minimum absolute atomic E-state index is 0. The summed E-state index contributed by atoms with van der Waals surface area (Å²) in [4.78, 5) is 282. The molecule has 65 heteroatoms. The molecule has 0 fully saturated rings. The van der Waals surface area contributed by atoms with Gasteiger partial charge in [-0.05, 0) is 0 Å². The van der Waals surface area contributed by atoms with Crippen molar-refractivity contribution < 1.29 is 339 Å². The Labute approximate surface area is 472 Å². The number of hydrogen-bond acceptors (Lipinski definition) is 44. The first-order valence-corrected chi connectivity index (χ1v) is 24.1. The molecule has 0 atom stereocenters. The first kappa shape index (κ1) is 139. The SMILES string of the molecule is O.O=P([O-])([O-])[O-].O=P([O-])([O-])[O-].O=P([O-])([O-])[O-].O=P([O-])([O-])[O-].O=P([O-])([O-])[O-].O=P([O-])([O-])[O-].O=P([O-])([O-])[O-].O=P([O-])([O-])[O-].O=P([O-])([O-])[O-].O=P([O-])([O-])[O-].O=P([O-])([O-])[O-].[Al+3].[Al+3].[Al+3].[Mo].[Mo].[Mo].[Zn+2].[Zn+2].[Zn+2]. The fourth-order valence-corrected chi connectivity index (χ4v) is 0. The summed E-state index contributed by atoms with van der Waals surface area (Å²) < 4.78 is 94.0. The number of phosphoric acid groups is 11. The van der Waals surface area contributed by atoms with Crippen molar-refractivity contribution in [3.05, 3.63) is 0 Å². The summed E-state index contributed by atoms with van der Waals surface area (Å²) in [5, 5.41) is 0. The van der Waals surface area contributed by atoms with Gasteiger partial charge in [0.1, 0.15) is 0 Å². The zero-order valence-corrected chi connectivity index (χ0v) is 56.7. The summed E-state index contributed by atoms with van der Waals surface area (Å²) in [6, 6.07) is 0. The van der Waals surface area contributed by atoms with Crippen LogP contribution in [-0.2, 0) is 172 Å². The van der Waals surface area contributed by atoms with Crippen molar-refractivity contribution in [2.45, 2.75) is 0 Å². The van der Waals surface area contributed by atoms with Gasteiger partial charge in [0.25, 0.3) is 0 Å². The van der Waals surface area contributed by atoms with Gasteiger partial charge in [0.15, 0.2) is 0 Å². The van der Waals surface area contributed by atoms with Crippen molar-refractivity contribution in [3.8, 4) is 0 Å². The van der Waals surface area contributed by atoms with Crippen LogP contribution in [0, 0.1) is 0 Å². The quantitative estimate of drug-likeness (QED) is 0.160. The zero-order chi connectivity index (χ0) is 49.5. The molecule has 0 aromatic carbocycles. The van der Waals surface area contributed by atoms with Crippen molar-refractivity contribution in [2.75, 3.05) is 0 Å². The summed E-state index contributed by atoms with van der Waals surface area (Å²) in [6.45, 7) is 0. The fraction of sp³-hybridized carbons (Fsp3) is 0. The van der Waals surface area contributed by atoms with E-state index in [-0.39, 0.29) is 179 Å². The van der Waals surface area contributed by atoms with Crippen LogP contribution in [0.4, 0.5) is 0 Å². The van der Waals surface area contributed by atoms with Crippen molar-refractivity contribution in [2.24, 2.45) is 0 Å². The molecule has 0 amide bonds. The van der Waals surface area contributed by atoms with Gasteiger partial charge in [0.2, 0.25) is 0 Å². The van der Waals surface area contributed by atoms with Gasteiger partial charge in [-0.15, -0.1) is 0 Å².